The maximum absolute atomic E-state index is 12.9. The van der Waals surface area contributed by atoms with Crippen LogP contribution in [0.1, 0.15) is 42.6 Å². The molecular weight excluding hydrogens is 370 g/mol. The largest absolute Gasteiger partial charge is 0.493 e. The van der Waals surface area contributed by atoms with E-state index in [9.17, 15) is 9.90 Å². The topological polar surface area (TPSA) is 102 Å². The molecule has 1 aliphatic rings. The fourth-order valence-corrected chi connectivity index (χ4v) is 3.21. The molecule has 0 saturated carbocycles. The van der Waals surface area contributed by atoms with Gasteiger partial charge in [0.25, 0.3) is 5.91 Å². The number of ether oxygens (including phenoxy) is 1. The molecule has 3 heterocycles. The summed E-state index contributed by atoms with van der Waals surface area (Å²) in [6, 6.07) is 10.5. The Morgan fingerprint density at radius 3 is 2.90 bits per heavy atom. The van der Waals surface area contributed by atoms with Gasteiger partial charge in [-0.05, 0) is 56.5 Å². The Morgan fingerprint density at radius 2 is 2.07 bits per heavy atom. The Bertz CT molecular complexity index is 1040. The first-order valence-corrected chi connectivity index (χ1v) is 9.58. The van der Waals surface area contributed by atoms with Crippen LogP contribution in [-0.4, -0.2) is 37.4 Å². The fourth-order valence-electron chi connectivity index (χ4n) is 3.21. The molecular formula is C21H23N5O3. The smallest absolute Gasteiger partial charge is 0.260 e. The molecule has 1 aromatic carbocycles. The van der Waals surface area contributed by atoms with Crippen LogP contribution in [-0.2, 0) is 12.1 Å². The molecule has 0 fully saturated rings. The second-order valence-electron chi connectivity index (χ2n) is 7.54. The summed E-state index contributed by atoms with van der Waals surface area (Å²) >= 11 is 0. The molecule has 150 valence electrons. The SMILES string of the molecule is CC(C)(O)c1ccc2c(c1)OCCCCn1cnnc1-c1cccc(n1)NC2=O. The van der Waals surface area contributed by atoms with Crippen molar-refractivity contribution in [2.75, 3.05) is 11.9 Å². The van der Waals surface area contributed by atoms with Crippen molar-refractivity contribution in [3.8, 4) is 17.3 Å². The number of pyridine rings is 1. The molecule has 0 spiro atoms. The number of carbonyl (C=O) groups is 1. The van der Waals surface area contributed by atoms with Gasteiger partial charge in [-0.2, -0.15) is 0 Å². The lowest BCUT2D eigenvalue weighted by atomic mass is 9.96. The van der Waals surface area contributed by atoms with Crippen molar-refractivity contribution in [1.82, 2.24) is 19.7 Å². The maximum Gasteiger partial charge on any atom is 0.260 e. The number of hydrogen-bond acceptors (Lipinski definition) is 6. The van der Waals surface area contributed by atoms with Gasteiger partial charge in [0.1, 0.15) is 23.6 Å². The lowest BCUT2D eigenvalue weighted by Gasteiger charge is -2.20. The van der Waals surface area contributed by atoms with Crippen molar-refractivity contribution < 1.29 is 14.6 Å². The summed E-state index contributed by atoms with van der Waals surface area (Å²) in [6.45, 7) is 4.59. The minimum Gasteiger partial charge on any atom is -0.493 e. The van der Waals surface area contributed by atoms with Crippen LogP contribution in [0.2, 0.25) is 0 Å². The van der Waals surface area contributed by atoms with E-state index in [-0.39, 0.29) is 5.91 Å². The molecule has 8 nitrogen and oxygen atoms in total. The van der Waals surface area contributed by atoms with Crippen LogP contribution in [0.15, 0.2) is 42.7 Å². The predicted molar refractivity (Wildman–Crippen MR) is 108 cm³/mol. The minimum atomic E-state index is -1.03. The number of fused-ring (bicyclic) bond motifs is 5. The Balaban J connectivity index is 1.73. The second-order valence-corrected chi connectivity index (χ2v) is 7.54. The van der Waals surface area contributed by atoms with Crippen molar-refractivity contribution in [2.45, 2.75) is 38.8 Å². The number of aromatic nitrogens is 4. The molecule has 2 bridgehead atoms. The molecule has 2 N–H and O–H groups in total. The average Bonchev–Trinajstić information content (AvgIpc) is 3.15. The Morgan fingerprint density at radius 1 is 1.21 bits per heavy atom. The van der Waals surface area contributed by atoms with Gasteiger partial charge in [0.2, 0.25) is 0 Å². The average molecular weight is 393 g/mol. The van der Waals surface area contributed by atoms with Crippen LogP contribution in [0.4, 0.5) is 5.82 Å². The number of aryl methyl sites for hydroxylation is 1. The van der Waals surface area contributed by atoms with Crippen LogP contribution in [0.25, 0.3) is 11.5 Å². The lowest BCUT2D eigenvalue weighted by Crippen LogP contribution is -2.19. The third kappa shape index (κ3) is 4.12. The highest BCUT2D eigenvalue weighted by atomic mass is 16.5. The van der Waals surface area contributed by atoms with E-state index in [1.807, 2.05) is 16.7 Å². The first kappa shape index (κ1) is 19.1. The molecule has 0 radical (unpaired) electrons. The highest BCUT2D eigenvalue weighted by Crippen LogP contribution is 2.28. The molecule has 0 unspecified atom stereocenters. The van der Waals surface area contributed by atoms with Crippen LogP contribution in [0, 0.1) is 0 Å². The van der Waals surface area contributed by atoms with E-state index in [0.29, 0.717) is 40.8 Å². The quantitative estimate of drug-likeness (QED) is 0.659. The molecule has 0 saturated heterocycles. The van der Waals surface area contributed by atoms with E-state index in [1.165, 1.54) is 0 Å². The molecule has 4 rings (SSSR count). The van der Waals surface area contributed by atoms with Crippen LogP contribution in [0.5, 0.6) is 5.75 Å². The number of aliphatic hydroxyl groups is 1. The molecule has 2 aromatic heterocycles. The number of hydrogen-bond donors (Lipinski definition) is 2. The predicted octanol–water partition coefficient (Wildman–Crippen LogP) is 2.99. The first-order chi connectivity index (χ1) is 13.9. The summed E-state index contributed by atoms with van der Waals surface area (Å²) in [5, 5.41) is 21.3. The van der Waals surface area contributed by atoms with Gasteiger partial charge in [-0.25, -0.2) is 4.98 Å². The Hall–Kier alpha value is -3.26. The first-order valence-electron chi connectivity index (χ1n) is 9.58. The van der Waals surface area contributed by atoms with E-state index < -0.39 is 5.60 Å². The summed E-state index contributed by atoms with van der Waals surface area (Å²) in [5.74, 6) is 1.19. The molecule has 0 aliphatic carbocycles. The molecule has 1 amide bonds. The van der Waals surface area contributed by atoms with E-state index in [0.717, 1.165) is 19.4 Å². The third-order valence-electron chi connectivity index (χ3n) is 4.82. The zero-order valence-corrected chi connectivity index (χ0v) is 16.4. The summed E-state index contributed by atoms with van der Waals surface area (Å²) in [6.07, 6.45) is 3.33. The number of nitrogens with zero attached hydrogens (tertiary/aromatic N) is 4. The standard InChI is InChI=1S/C21H23N5O3/c1-21(2,28)14-8-9-15-17(12-14)29-11-4-3-10-26-13-22-25-19(26)16-6-5-7-18(23-16)24-20(15)27/h5-9,12-13,28H,3-4,10-11H2,1-2H3,(H,23,24,27). The zero-order valence-electron chi connectivity index (χ0n) is 16.4. The molecule has 3 aromatic rings. The van der Waals surface area contributed by atoms with Crippen molar-refractivity contribution in [2.24, 2.45) is 0 Å². The highest BCUT2D eigenvalue weighted by molar-refractivity contribution is 6.05. The highest BCUT2D eigenvalue weighted by Gasteiger charge is 2.21. The maximum atomic E-state index is 12.9. The summed E-state index contributed by atoms with van der Waals surface area (Å²) < 4.78 is 7.87. The van der Waals surface area contributed by atoms with E-state index in [1.54, 1.807) is 44.4 Å². The normalized spacial score (nSPS) is 14.8. The fraction of sp³-hybridized carbons (Fsp3) is 0.333. The van der Waals surface area contributed by atoms with Gasteiger partial charge < -0.3 is 19.7 Å². The van der Waals surface area contributed by atoms with E-state index in [4.69, 9.17) is 4.74 Å². The van der Waals surface area contributed by atoms with Gasteiger partial charge >= 0.3 is 0 Å². The van der Waals surface area contributed by atoms with Gasteiger partial charge in [-0.1, -0.05) is 12.1 Å². The van der Waals surface area contributed by atoms with Crippen molar-refractivity contribution >= 4 is 11.7 Å². The van der Waals surface area contributed by atoms with Crippen LogP contribution >= 0.6 is 0 Å². The Kier molecular flexibility index (Phi) is 5.02. The lowest BCUT2D eigenvalue weighted by molar-refractivity contribution is 0.0780. The van der Waals surface area contributed by atoms with Crippen molar-refractivity contribution in [3.63, 3.8) is 0 Å². The van der Waals surface area contributed by atoms with Gasteiger partial charge in [0, 0.05) is 6.54 Å². The number of rotatable bonds is 1. The number of carbonyl (C=O) groups excluding carboxylic acids is 1. The molecule has 1 aliphatic heterocycles. The van der Waals surface area contributed by atoms with E-state index >= 15 is 0 Å². The molecule has 8 heteroatoms. The zero-order chi connectivity index (χ0) is 20.4. The number of amides is 1. The second kappa shape index (κ2) is 7.63. The van der Waals surface area contributed by atoms with E-state index in [2.05, 4.69) is 20.5 Å². The van der Waals surface area contributed by atoms with Crippen LogP contribution in [0.3, 0.4) is 0 Å². The van der Waals surface area contributed by atoms with Crippen molar-refractivity contribution in [1.29, 1.82) is 0 Å². The monoisotopic (exact) mass is 393 g/mol. The van der Waals surface area contributed by atoms with Crippen molar-refractivity contribution in [3.05, 3.63) is 53.9 Å². The third-order valence-corrected chi connectivity index (χ3v) is 4.82. The number of anilines is 1. The van der Waals surface area contributed by atoms with Crippen LogP contribution < -0.4 is 10.1 Å². The van der Waals surface area contributed by atoms with Gasteiger partial charge in [-0.15, -0.1) is 10.2 Å². The number of benzene rings is 1. The Labute approximate surface area is 168 Å². The summed E-state index contributed by atoms with van der Waals surface area (Å²) in [4.78, 5) is 17.4. The van der Waals surface area contributed by atoms with Gasteiger partial charge in [0.05, 0.1) is 17.8 Å². The molecule has 0 atom stereocenters. The minimum absolute atomic E-state index is 0.328. The summed E-state index contributed by atoms with van der Waals surface area (Å²) in [5.41, 5.74) is 0.686. The number of nitrogens with one attached hydrogen (secondary N) is 1. The van der Waals surface area contributed by atoms with Gasteiger partial charge in [0.15, 0.2) is 5.82 Å². The summed E-state index contributed by atoms with van der Waals surface area (Å²) in [7, 11) is 0. The van der Waals surface area contributed by atoms with Gasteiger partial charge in [-0.3, -0.25) is 4.79 Å². The molecule has 29 heavy (non-hydrogen) atoms.